The molecule has 1 aromatic rings. The lowest BCUT2D eigenvalue weighted by Gasteiger charge is -2.30. The van der Waals surface area contributed by atoms with E-state index in [-0.39, 0.29) is 6.61 Å². The molecule has 0 atom stereocenters. The standard InChI is InChI=1S/C14H24N2O/c1-10(2)8-16(11(3)4)14-7-6-13(9-17)12(5)15-14/h6-7,10-11,17H,8-9H2,1-5H3. The minimum atomic E-state index is 0.0605. The van der Waals surface area contributed by atoms with Gasteiger partial charge < -0.3 is 10.0 Å². The maximum atomic E-state index is 9.15. The molecule has 0 aliphatic rings. The molecule has 0 unspecified atom stereocenters. The quantitative estimate of drug-likeness (QED) is 0.854. The molecule has 1 aromatic heterocycles. The second kappa shape index (κ2) is 6.01. The highest BCUT2D eigenvalue weighted by atomic mass is 16.3. The minimum absolute atomic E-state index is 0.0605. The van der Waals surface area contributed by atoms with Crippen LogP contribution in [0.1, 0.15) is 39.0 Å². The molecule has 0 aromatic carbocycles. The normalized spacial score (nSPS) is 11.3. The van der Waals surface area contributed by atoms with Crippen molar-refractivity contribution in [2.75, 3.05) is 11.4 Å². The number of hydrogen-bond donors (Lipinski definition) is 1. The van der Waals surface area contributed by atoms with Gasteiger partial charge in [0.1, 0.15) is 5.82 Å². The first-order chi connectivity index (χ1) is 7.95. The Kier molecular flexibility index (Phi) is 4.94. The molecule has 3 nitrogen and oxygen atoms in total. The van der Waals surface area contributed by atoms with Crippen molar-refractivity contribution >= 4 is 5.82 Å². The third kappa shape index (κ3) is 3.70. The molecule has 0 saturated carbocycles. The van der Waals surface area contributed by atoms with E-state index in [1.807, 2.05) is 19.1 Å². The summed E-state index contributed by atoms with van der Waals surface area (Å²) in [5.74, 6) is 1.61. The van der Waals surface area contributed by atoms with Crippen LogP contribution in [0, 0.1) is 12.8 Å². The molecule has 1 N–H and O–H groups in total. The molecule has 0 saturated heterocycles. The van der Waals surface area contributed by atoms with E-state index in [9.17, 15) is 0 Å². The van der Waals surface area contributed by atoms with E-state index in [1.165, 1.54) is 0 Å². The molecule has 0 fully saturated rings. The van der Waals surface area contributed by atoms with Gasteiger partial charge in [-0.15, -0.1) is 0 Å². The Morgan fingerprint density at radius 3 is 2.29 bits per heavy atom. The lowest BCUT2D eigenvalue weighted by Crippen LogP contribution is -2.34. The smallest absolute Gasteiger partial charge is 0.129 e. The van der Waals surface area contributed by atoms with Crippen molar-refractivity contribution in [2.24, 2.45) is 5.92 Å². The Hall–Kier alpha value is -1.09. The summed E-state index contributed by atoms with van der Waals surface area (Å²) in [7, 11) is 0. The van der Waals surface area contributed by atoms with Crippen molar-refractivity contribution in [2.45, 2.75) is 47.3 Å². The van der Waals surface area contributed by atoms with Crippen molar-refractivity contribution in [1.29, 1.82) is 0 Å². The number of nitrogens with zero attached hydrogens (tertiary/aromatic N) is 2. The van der Waals surface area contributed by atoms with Crippen LogP contribution in [0.5, 0.6) is 0 Å². The predicted molar refractivity (Wildman–Crippen MR) is 72.2 cm³/mol. The Bertz CT molecular complexity index is 361. The van der Waals surface area contributed by atoms with Gasteiger partial charge in [0.15, 0.2) is 0 Å². The summed E-state index contributed by atoms with van der Waals surface area (Å²) in [6, 6.07) is 4.40. The first kappa shape index (κ1) is 14.0. The molecule has 0 aliphatic heterocycles. The SMILES string of the molecule is Cc1nc(N(CC(C)C)C(C)C)ccc1CO. The van der Waals surface area contributed by atoms with Crippen LogP contribution in [0.3, 0.4) is 0 Å². The van der Waals surface area contributed by atoms with E-state index in [4.69, 9.17) is 5.11 Å². The predicted octanol–water partition coefficient (Wildman–Crippen LogP) is 2.75. The number of aromatic nitrogens is 1. The lowest BCUT2D eigenvalue weighted by molar-refractivity contribution is 0.280. The molecule has 0 spiro atoms. The largest absolute Gasteiger partial charge is 0.392 e. The van der Waals surface area contributed by atoms with E-state index in [0.717, 1.165) is 23.6 Å². The number of aliphatic hydroxyl groups is 1. The summed E-state index contributed by atoms with van der Waals surface area (Å²) in [5.41, 5.74) is 1.82. The zero-order valence-corrected chi connectivity index (χ0v) is 11.6. The summed E-state index contributed by atoms with van der Waals surface area (Å²) in [6.45, 7) is 11.8. The Morgan fingerprint density at radius 1 is 1.24 bits per heavy atom. The summed E-state index contributed by atoms with van der Waals surface area (Å²) < 4.78 is 0. The van der Waals surface area contributed by atoms with Crippen LogP contribution < -0.4 is 4.90 Å². The highest BCUT2D eigenvalue weighted by Gasteiger charge is 2.14. The van der Waals surface area contributed by atoms with Gasteiger partial charge in [-0.25, -0.2) is 4.98 Å². The number of aryl methyl sites for hydroxylation is 1. The molecule has 0 radical (unpaired) electrons. The van der Waals surface area contributed by atoms with Gasteiger partial charge >= 0.3 is 0 Å². The molecular weight excluding hydrogens is 212 g/mol. The van der Waals surface area contributed by atoms with Gasteiger partial charge in [0.05, 0.1) is 6.61 Å². The third-order valence-electron chi connectivity index (χ3n) is 2.83. The maximum absolute atomic E-state index is 9.15. The molecule has 0 aliphatic carbocycles. The summed E-state index contributed by atoms with van der Waals surface area (Å²) >= 11 is 0. The van der Waals surface area contributed by atoms with Gasteiger partial charge in [0.25, 0.3) is 0 Å². The van der Waals surface area contributed by atoms with Crippen molar-refractivity contribution in [3.05, 3.63) is 23.4 Å². The fourth-order valence-electron chi connectivity index (χ4n) is 1.87. The second-order valence-corrected chi connectivity index (χ2v) is 5.21. The summed E-state index contributed by atoms with van der Waals surface area (Å²) in [6.07, 6.45) is 0. The maximum Gasteiger partial charge on any atom is 0.129 e. The van der Waals surface area contributed by atoms with Crippen LogP contribution in [0.2, 0.25) is 0 Å². The van der Waals surface area contributed by atoms with Crippen molar-refractivity contribution in [1.82, 2.24) is 4.98 Å². The lowest BCUT2D eigenvalue weighted by atomic mass is 10.1. The number of rotatable bonds is 5. The first-order valence-corrected chi connectivity index (χ1v) is 6.29. The summed E-state index contributed by atoms with van der Waals surface area (Å²) in [5, 5.41) is 9.15. The van der Waals surface area contributed by atoms with Gasteiger partial charge in [-0.3, -0.25) is 0 Å². The average molecular weight is 236 g/mol. The van der Waals surface area contributed by atoms with Crippen LogP contribution in [0.4, 0.5) is 5.82 Å². The molecule has 3 heteroatoms. The zero-order valence-electron chi connectivity index (χ0n) is 11.6. The highest BCUT2D eigenvalue weighted by molar-refractivity contribution is 5.42. The van der Waals surface area contributed by atoms with Crippen molar-refractivity contribution in [3.8, 4) is 0 Å². The van der Waals surface area contributed by atoms with Crippen LogP contribution in [0.15, 0.2) is 12.1 Å². The van der Waals surface area contributed by atoms with Gasteiger partial charge in [0.2, 0.25) is 0 Å². The van der Waals surface area contributed by atoms with Crippen LogP contribution in [0.25, 0.3) is 0 Å². The van der Waals surface area contributed by atoms with Crippen LogP contribution in [-0.2, 0) is 6.61 Å². The van der Waals surface area contributed by atoms with E-state index in [0.29, 0.717) is 12.0 Å². The van der Waals surface area contributed by atoms with Gasteiger partial charge in [-0.2, -0.15) is 0 Å². The topological polar surface area (TPSA) is 36.4 Å². The highest BCUT2D eigenvalue weighted by Crippen LogP contribution is 2.18. The van der Waals surface area contributed by atoms with Crippen LogP contribution >= 0.6 is 0 Å². The van der Waals surface area contributed by atoms with Crippen molar-refractivity contribution < 1.29 is 5.11 Å². The summed E-state index contributed by atoms with van der Waals surface area (Å²) in [4.78, 5) is 6.89. The molecule has 0 amide bonds. The van der Waals surface area contributed by atoms with Gasteiger partial charge in [0, 0.05) is 18.3 Å². The van der Waals surface area contributed by atoms with Crippen LogP contribution in [-0.4, -0.2) is 22.7 Å². The molecule has 96 valence electrons. The molecule has 1 heterocycles. The zero-order chi connectivity index (χ0) is 13.0. The van der Waals surface area contributed by atoms with E-state index in [1.54, 1.807) is 0 Å². The molecular formula is C14H24N2O. The fourth-order valence-corrected chi connectivity index (χ4v) is 1.87. The van der Waals surface area contributed by atoms with Gasteiger partial charge in [-0.1, -0.05) is 19.9 Å². The third-order valence-corrected chi connectivity index (χ3v) is 2.83. The Labute approximate surface area is 104 Å². The fraction of sp³-hybridized carbons (Fsp3) is 0.643. The van der Waals surface area contributed by atoms with Crippen molar-refractivity contribution in [3.63, 3.8) is 0 Å². The number of aliphatic hydroxyl groups excluding tert-OH is 1. The van der Waals surface area contributed by atoms with E-state index < -0.39 is 0 Å². The van der Waals surface area contributed by atoms with Gasteiger partial charge in [-0.05, 0) is 38.3 Å². The monoisotopic (exact) mass is 236 g/mol. The van der Waals surface area contributed by atoms with E-state index in [2.05, 4.69) is 37.6 Å². The number of pyridine rings is 1. The molecule has 0 bridgehead atoms. The minimum Gasteiger partial charge on any atom is -0.392 e. The Morgan fingerprint density at radius 2 is 1.88 bits per heavy atom. The first-order valence-electron chi connectivity index (χ1n) is 6.29. The average Bonchev–Trinajstić information content (AvgIpc) is 2.25. The molecule has 17 heavy (non-hydrogen) atoms. The Balaban J connectivity index is 2.98. The number of hydrogen-bond acceptors (Lipinski definition) is 3. The molecule has 1 rings (SSSR count). The second-order valence-electron chi connectivity index (χ2n) is 5.21. The van der Waals surface area contributed by atoms with E-state index >= 15 is 0 Å². The number of anilines is 1.